The third-order valence-corrected chi connectivity index (χ3v) is 3.46. The Bertz CT molecular complexity index is 475. The second-order valence-electron chi connectivity index (χ2n) is 5.62. The fourth-order valence-corrected chi connectivity index (χ4v) is 2.06. The molecule has 0 radical (unpaired) electrons. The maximum absolute atomic E-state index is 13.1. The van der Waals surface area contributed by atoms with Crippen LogP contribution in [-0.4, -0.2) is 32.3 Å². The standard InChI is InChI=1S/C17H26FN3O/c1-2-19-17(20-9-4-10-22-13-14-7-8-14)21-12-15-5-3-6-16(18)11-15/h3,5-6,11,14H,2,4,7-10,12-13H2,1H3,(H2,19,20,21). The minimum Gasteiger partial charge on any atom is -0.381 e. The summed E-state index contributed by atoms with van der Waals surface area (Å²) in [4.78, 5) is 4.47. The molecule has 2 rings (SSSR count). The molecule has 1 saturated carbocycles. The molecule has 1 aliphatic carbocycles. The fourth-order valence-electron chi connectivity index (χ4n) is 2.06. The Labute approximate surface area is 132 Å². The Hall–Kier alpha value is -1.62. The van der Waals surface area contributed by atoms with Gasteiger partial charge in [0.05, 0.1) is 6.54 Å². The first-order valence-corrected chi connectivity index (χ1v) is 8.12. The highest BCUT2D eigenvalue weighted by atomic mass is 19.1. The van der Waals surface area contributed by atoms with E-state index in [-0.39, 0.29) is 5.82 Å². The highest BCUT2D eigenvalue weighted by Crippen LogP contribution is 2.28. The Morgan fingerprint density at radius 3 is 2.95 bits per heavy atom. The van der Waals surface area contributed by atoms with Gasteiger partial charge in [-0.05, 0) is 49.8 Å². The highest BCUT2D eigenvalue weighted by molar-refractivity contribution is 5.79. The van der Waals surface area contributed by atoms with E-state index in [0.717, 1.165) is 50.2 Å². The van der Waals surface area contributed by atoms with E-state index in [1.54, 1.807) is 6.07 Å². The van der Waals surface area contributed by atoms with Crippen molar-refractivity contribution in [3.63, 3.8) is 0 Å². The molecule has 0 aromatic heterocycles. The molecule has 0 amide bonds. The first-order chi connectivity index (χ1) is 10.8. The Morgan fingerprint density at radius 2 is 2.23 bits per heavy atom. The van der Waals surface area contributed by atoms with Gasteiger partial charge in [0.25, 0.3) is 0 Å². The third kappa shape index (κ3) is 6.89. The van der Waals surface area contributed by atoms with Gasteiger partial charge in [0.1, 0.15) is 5.82 Å². The van der Waals surface area contributed by atoms with Crippen LogP contribution in [0.25, 0.3) is 0 Å². The van der Waals surface area contributed by atoms with Gasteiger partial charge in [-0.1, -0.05) is 12.1 Å². The lowest BCUT2D eigenvalue weighted by Gasteiger charge is -2.11. The monoisotopic (exact) mass is 307 g/mol. The lowest BCUT2D eigenvalue weighted by molar-refractivity contribution is 0.123. The number of hydrogen-bond donors (Lipinski definition) is 2. The molecule has 1 aliphatic rings. The predicted octanol–water partition coefficient (Wildman–Crippen LogP) is 2.70. The highest BCUT2D eigenvalue weighted by Gasteiger charge is 2.20. The van der Waals surface area contributed by atoms with Crippen LogP contribution < -0.4 is 10.6 Å². The van der Waals surface area contributed by atoms with Gasteiger partial charge in [-0.2, -0.15) is 0 Å². The van der Waals surface area contributed by atoms with E-state index >= 15 is 0 Å². The number of hydrogen-bond acceptors (Lipinski definition) is 2. The molecule has 0 saturated heterocycles. The van der Waals surface area contributed by atoms with E-state index < -0.39 is 0 Å². The largest absolute Gasteiger partial charge is 0.381 e. The summed E-state index contributed by atoms with van der Waals surface area (Å²) in [7, 11) is 0. The maximum Gasteiger partial charge on any atom is 0.191 e. The number of aliphatic imine (C=N–C) groups is 1. The van der Waals surface area contributed by atoms with Crippen LogP contribution in [0.5, 0.6) is 0 Å². The van der Waals surface area contributed by atoms with Crippen LogP contribution in [0.2, 0.25) is 0 Å². The molecule has 0 bridgehead atoms. The number of ether oxygens (including phenoxy) is 1. The smallest absolute Gasteiger partial charge is 0.191 e. The van der Waals surface area contributed by atoms with E-state index in [0.29, 0.717) is 6.54 Å². The molecule has 1 aromatic carbocycles. The van der Waals surface area contributed by atoms with Crippen LogP contribution >= 0.6 is 0 Å². The van der Waals surface area contributed by atoms with Gasteiger partial charge >= 0.3 is 0 Å². The van der Waals surface area contributed by atoms with Gasteiger partial charge in [-0.3, -0.25) is 0 Å². The Kier molecular flexibility index (Phi) is 7.16. The van der Waals surface area contributed by atoms with Crippen molar-refractivity contribution in [2.24, 2.45) is 10.9 Å². The van der Waals surface area contributed by atoms with Crippen molar-refractivity contribution in [2.75, 3.05) is 26.3 Å². The van der Waals surface area contributed by atoms with Gasteiger partial charge in [0.2, 0.25) is 0 Å². The molecular weight excluding hydrogens is 281 g/mol. The van der Waals surface area contributed by atoms with Crippen molar-refractivity contribution in [1.29, 1.82) is 0 Å². The van der Waals surface area contributed by atoms with Crippen molar-refractivity contribution in [3.05, 3.63) is 35.6 Å². The van der Waals surface area contributed by atoms with Crippen LogP contribution in [0, 0.1) is 11.7 Å². The molecule has 4 nitrogen and oxygen atoms in total. The zero-order valence-corrected chi connectivity index (χ0v) is 13.3. The molecule has 2 N–H and O–H groups in total. The van der Waals surface area contributed by atoms with Crippen molar-refractivity contribution >= 4 is 5.96 Å². The van der Waals surface area contributed by atoms with E-state index in [1.165, 1.54) is 25.0 Å². The maximum atomic E-state index is 13.1. The van der Waals surface area contributed by atoms with Gasteiger partial charge in [0.15, 0.2) is 5.96 Å². The molecule has 0 unspecified atom stereocenters. The minimum atomic E-state index is -0.224. The van der Waals surface area contributed by atoms with E-state index in [9.17, 15) is 4.39 Å². The fraction of sp³-hybridized carbons (Fsp3) is 0.588. The first-order valence-electron chi connectivity index (χ1n) is 8.12. The second-order valence-corrected chi connectivity index (χ2v) is 5.62. The van der Waals surface area contributed by atoms with E-state index in [4.69, 9.17) is 4.74 Å². The summed E-state index contributed by atoms with van der Waals surface area (Å²) in [6, 6.07) is 6.54. The van der Waals surface area contributed by atoms with Gasteiger partial charge in [-0.15, -0.1) is 0 Å². The number of rotatable bonds is 9. The van der Waals surface area contributed by atoms with E-state index in [2.05, 4.69) is 15.6 Å². The first kappa shape index (κ1) is 16.7. The van der Waals surface area contributed by atoms with Crippen molar-refractivity contribution in [1.82, 2.24) is 10.6 Å². The number of nitrogens with zero attached hydrogens (tertiary/aromatic N) is 1. The lowest BCUT2D eigenvalue weighted by Crippen LogP contribution is -2.38. The van der Waals surface area contributed by atoms with Gasteiger partial charge < -0.3 is 15.4 Å². The molecule has 1 fully saturated rings. The molecule has 22 heavy (non-hydrogen) atoms. The van der Waals surface area contributed by atoms with Crippen LogP contribution in [0.15, 0.2) is 29.3 Å². The van der Waals surface area contributed by atoms with Crippen molar-refractivity contribution in [3.8, 4) is 0 Å². The minimum absolute atomic E-state index is 0.224. The molecule has 122 valence electrons. The SMILES string of the molecule is CCNC(=NCc1cccc(F)c1)NCCCOCC1CC1. The molecule has 0 aliphatic heterocycles. The summed E-state index contributed by atoms with van der Waals surface area (Å²) < 4.78 is 18.7. The summed E-state index contributed by atoms with van der Waals surface area (Å²) in [5.41, 5.74) is 0.866. The summed E-state index contributed by atoms with van der Waals surface area (Å²) in [6.07, 6.45) is 3.61. The summed E-state index contributed by atoms with van der Waals surface area (Å²) in [6.45, 7) is 5.80. The van der Waals surface area contributed by atoms with Gasteiger partial charge in [-0.25, -0.2) is 9.38 Å². The van der Waals surface area contributed by atoms with Crippen LogP contribution in [-0.2, 0) is 11.3 Å². The molecule has 1 aromatic rings. The number of nitrogens with one attached hydrogen (secondary N) is 2. The zero-order valence-electron chi connectivity index (χ0n) is 13.3. The number of guanidine groups is 1. The third-order valence-electron chi connectivity index (χ3n) is 3.46. The van der Waals surface area contributed by atoms with Crippen molar-refractivity contribution in [2.45, 2.75) is 32.7 Å². The van der Waals surface area contributed by atoms with Crippen molar-refractivity contribution < 1.29 is 9.13 Å². The molecule has 0 heterocycles. The molecule has 0 spiro atoms. The summed E-state index contributed by atoms with van der Waals surface area (Å²) in [5, 5.41) is 6.47. The summed E-state index contributed by atoms with van der Waals surface area (Å²) >= 11 is 0. The number of halogens is 1. The normalized spacial score (nSPS) is 14.9. The van der Waals surface area contributed by atoms with E-state index in [1.807, 2.05) is 13.0 Å². The lowest BCUT2D eigenvalue weighted by atomic mass is 10.2. The number of benzene rings is 1. The van der Waals surface area contributed by atoms with Gasteiger partial charge in [0, 0.05) is 26.3 Å². The molecule has 0 atom stereocenters. The molecular formula is C17H26FN3O. The quantitative estimate of drug-likeness (QED) is 0.419. The van der Waals surface area contributed by atoms with Crippen LogP contribution in [0.4, 0.5) is 4.39 Å². The zero-order chi connectivity index (χ0) is 15.6. The van der Waals surface area contributed by atoms with Crippen LogP contribution in [0.3, 0.4) is 0 Å². The molecule has 5 heteroatoms. The Balaban J connectivity index is 1.67. The average Bonchev–Trinajstić information content (AvgIpc) is 3.32. The predicted molar refractivity (Wildman–Crippen MR) is 87.4 cm³/mol. The Morgan fingerprint density at radius 1 is 1.36 bits per heavy atom. The van der Waals surface area contributed by atoms with Crippen LogP contribution in [0.1, 0.15) is 31.7 Å². The average molecular weight is 307 g/mol. The topological polar surface area (TPSA) is 45.7 Å². The summed E-state index contributed by atoms with van der Waals surface area (Å²) in [5.74, 6) is 1.35. The second kappa shape index (κ2) is 9.41.